The molecule has 5 aromatic rings. The summed E-state index contributed by atoms with van der Waals surface area (Å²) in [6.07, 6.45) is -2.53. The number of nitrogens with zero attached hydrogens (tertiary/aromatic N) is 7. The Hall–Kier alpha value is -3.75. The molecule has 0 saturated heterocycles. The lowest BCUT2D eigenvalue weighted by Crippen LogP contribution is -2.23. The zero-order valence-electron chi connectivity index (χ0n) is 20.0. The van der Waals surface area contributed by atoms with Crippen LogP contribution in [0, 0.1) is 0 Å². The molecule has 0 aliphatic rings. The van der Waals surface area contributed by atoms with Gasteiger partial charge in [0.05, 0.1) is 38.6 Å². The Balaban J connectivity index is 1.72. The van der Waals surface area contributed by atoms with E-state index in [0.29, 0.717) is 5.02 Å². The summed E-state index contributed by atoms with van der Waals surface area (Å²) in [4.78, 5) is 25.1. The summed E-state index contributed by atoms with van der Waals surface area (Å²) in [5.41, 5.74) is -1.59. The standard InChI is InChI=1S/C23H16Cl2F3N7O3S/c1-3-39(37,38)17-6-7-19(34-11-30-35(22(34)36)15-5-4-12(24)8-13(15)25)32-20(17)21-31-14-9-18(23(26,27)28)29-10-16(14)33(21)2/h4-11H,3H2,1-2H3. The monoisotopic (exact) mass is 597 g/mol. The molecule has 0 aliphatic carbocycles. The van der Waals surface area contributed by atoms with E-state index < -0.39 is 27.4 Å². The van der Waals surface area contributed by atoms with Gasteiger partial charge in [-0.3, -0.25) is 0 Å². The van der Waals surface area contributed by atoms with Gasteiger partial charge in [-0.15, -0.1) is 0 Å². The second kappa shape index (κ2) is 9.47. The van der Waals surface area contributed by atoms with Gasteiger partial charge in [0.2, 0.25) is 0 Å². The molecule has 0 unspecified atom stereocenters. The molecule has 0 atom stereocenters. The Morgan fingerprint density at radius 1 is 1.05 bits per heavy atom. The molecule has 202 valence electrons. The zero-order valence-corrected chi connectivity index (χ0v) is 22.3. The van der Waals surface area contributed by atoms with Crippen LogP contribution in [0.3, 0.4) is 0 Å². The van der Waals surface area contributed by atoms with E-state index >= 15 is 0 Å². The third-order valence-electron chi connectivity index (χ3n) is 5.88. The van der Waals surface area contributed by atoms with Crippen LogP contribution in [0.1, 0.15) is 12.6 Å². The topological polar surface area (TPSA) is 118 Å². The van der Waals surface area contributed by atoms with Crippen LogP contribution in [0.4, 0.5) is 13.2 Å². The lowest BCUT2D eigenvalue weighted by Gasteiger charge is -2.11. The molecule has 10 nitrogen and oxygen atoms in total. The molecule has 0 fully saturated rings. The maximum absolute atomic E-state index is 13.2. The third-order valence-corrected chi connectivity index (χ3v) is 8.18. The molecule has 4 heterocycles. The summed E-state index contributed by atoms with van der Waals surface area (Å²) in [6, 6.07) is 7.81. The van der Waals surface area contributed by atoms with Crippen molar-refractivity contribution in [3.8, 4) is 23.0 Å². The second-order valence-electron chi connectivity index (χ2n) is 8.26. The number of alkyl halides is 3. The Kier molecular flexibility index (Phi) is 6.51. The Morgan fingerprint density at radius 2 is 1.79 bits per heavy atom. The highest BCUT2D eigenvalue weighted by Crippen LogP contribution is 2.33. The van der Waals surface area contributed by atoms with Crippen molar-refractivity contribution in [2.24, 2.45) is 7.05 Å². The van der Waals surface area contributed by atoms with Gasteiger partial charge < -0.3 is 4.57 Å². The summed E-state index contributed by atoms with van der Waals surface area (Å²) in [5.74, 6) is -0.332. The first-order valence-corrected chi connectivity index (χ1v) is 13.5. The highest BCUT2D eigenvalue weighted by Gasteiger charge is 2.33. The smallest absolute Gasteiger partial charge is 0.324 e. The molecule has 39 heavy (non-hydrogen) atoms. The van der Waals surface area contributed by atoms with Gasteiger partial charge in [-0.1, -0.05) is 30.1 Å². The van der Waals surface area contributed by atoms with Gasteiger partial charge in [-0.05, 0) is 36.4 Å². The van der Waals surface area contributed by atoms with Crippen molar-refractivity contribution >= 4 is 44.1 Å². The largest absolute Gasteiger partial charge is 0.433 e. The molecule has 0 saturated carbocycles. The number of imidazole rings is 1. The number of benzene rings is 1. The number of rotatable bonds is 5. The van der Waals surface area contributed by atoms with Crippen molar-refractivity contribution in [2.45, 2.75) is 18.0 Å². The maximum atomic E-state index is 13.2. The minimum Gasteiger partial charge on any atom is -0.324 e. The van der Waals surface area contributed by atoms with E-state index in [1.54, 1.807) is 0 Å². The van der Waals surface area contributed by atoms with Gasteiger partial charge in [-0.25, -0.2) is 32.7 Å². The van der Waals surface area contributed by atoms with E-state index in [-0.39, 0.29) is 49.7 Å². The normalized spacial score (nSPS) is 12.4. The lowest BCUT2D eigenvalue weighted by molar-refractivity contribution is -0.141. The highest BCUT2D eigenvalue weighted by atomic mass is 35.5. The summed E-state index contributed by atoms with van der Waals surface area (Å²) in [7, 11) is -2.38. The molecule has 0 radical (unpaired) electrons. The van der Waals surface area contributed by atoms with Crippen molar-refractivity contribution in [3.05, 3.63) is 75.1 Å². The zero-order chi connectivity index (χ0) is 28.3. The average Bonchev–Trinajstić information content (AvgIpc) is 3.42. The fourth-order valence-corrected chi connectivity index (χ4v) is 5.38. The van der Waals surface area contributed by atoms with Crippen LogP contribution in [-0.2, 0) is 23.1 Å². The second-order valence-corrected chi connectivity index (χ2v) is 11.4. The van der Waals surface area contributed by atoms with Crippen LogP contribution in [0.2, 0.25) is 10.0 Å². The van der Waals surface area contributed by atoms with Gasteiger partial charge in [0.15, 0.2) is 15.7 Å². The third kappa shape index (κ3) is 4.68. The van der Waals surface area contributed by atoms with E-state index in [9.17, 15) is 26.4 Å². The summed E-state index contributed by atoms with van der Waals surface area (Å²) in [6.45, 7) is 1.44. The van der Waals surface area contributed by atoms with Crippen molar-refractivity contribution in [1.29, 1.82) is 0 Å². The SMILES string of the molecule is CCS(=O)(=O)c1ccc(-n2cnn(-c3ccc(Cl)cc3Cl)c2=O)nc1-c1nc2cc(C(F)(F)F)ncc2n1C. The van der Waals surface area contributed by atoms with Crippen molar-refractivity contribution in [3.63, 3.8) is 0 Å². The molecule has 0 N–H and O–H groups in total. The predicted octanol–water partition coefficient (Wildman–Crippen LogP) is 4.49. The van der Waals surface area contributed by atoms with Gasteiger partial charge in [0, 0.05) is 12.1 Å². The number of hydrogen-bond donors (Lipinski definition) is 0. The number of aromatic nitrogens is 7. The molecule has 0 aliphatic heterocycles. The quantitative estimate of drug-likeness (QED) is 0.293. The van der Waals surface area contributed by atoms with Crippen LogP contribution in [0.15, 0.2) is 58.6 Å². The van der Waals surface area contributed by atoms with Gasteiger partial charge in [-0.2, -0.15) is 23.0 Å². The van der Waals surface area contributed by atoms with Gasteiger partial charge >= 0.3 is 11.9 Å². The van der Waals surface area contributed by atoms with E-state index in [2.05, 4.69) is 20.1 Å². The molecule has 4 aromatic heterocycles. The van der Waals surface area contributed by atoms with Crippen LogP contribution < -0.4 is 5.69 Å². The van der Waals surface area contributed by atoms with Crippen LogP contribution >= 0.6 is 23.2 Å². The predicted molar refractivity (Wildman–Crippen MR) is 137 cm³/mol. The molecular formula is C23H16Cl2F3N7O3S. The van der Waals surface area contributed by atoms with Crippen LogP contribution in [0.25, 0.3) is 34.1 Å². The Bertz CT molecular complexity index is 1930. The molecule has 1 aromatic carbocycles. The van der Waals surface area contributed by atoms with Crippen molar-refractivity contribution < 1.29 is 21.6 Å². The number of fused-ring (bicyclic) bond motifs is 1. The van der Waals surface area contributed by atoms with Crippen molar-refractivity contribution in [1.82, 2.24) is 33.9 Å². The summed E-state index contributed by atoms with van der Waals surface area (Å²) >= 11 is 12.1. The Labute approximate surface area is 228 Å². The summed E-state index contributed by atoms with van der Waals surface area (Å²) < 4.78 is 68.9. The lowest BCUT2D eigenvalue weighted by atomic mass is 10.3. The minimum absolute atomic E-state index is 0.0115. The van der Waals surface area contributed by atoms with Crippen LogP contribution in [-0.4, -0.2) is 48.0 Å². The van der Waals surface area contributed by atoms with Gasteiger partial charge in [0.25, 0.3) is 0 Å². The first-order chi connectivity index (χ1) is 18.3. The van der Waals surface area contributed by atoms with E-state index in [0.717, 1.165) is 21.5 Å². The summed E-state index contributed by atoms with van der Waals surface area (Å²) in [5, 5.41) is 4.60. The van der Waals surface area contributed by atoms with Crippen LogP contribution in [0.5, 0.6) is 0 Å². The fourth-order valence-electron chi connectivity index (χ4n) is 3.87. The molecule has 0 spiro atoms. The number of pyridine rings is 2. The average molecular weight is 598 g/mol. The van der Waals surface area contributed by atoms with E-state index in [1.165, 1.54) is 55.2 Å². The number of halogens is 5. The molecule has 0 bridgehead atoms. The number of sulfone groups is 1. The molecule has 5 rings (SSSR count). The molecule has 16 heteroatoms. The maximum Gasteiger partial charge on any atom is 0.433 e. The fraction of sp³-hybridized carbons (Fsp3) is 0.174. The number of hydrogen-bond acceptors (Lipinski definition) is 7. The van der Waals surface area contributed by atoms with Crippen molar-refractivity contribution in [2.75, 3.05) is 5.75 Å². The van der Waals surface area contributed by atoms with E-state index in [4.69, 9.17) is 23.2 Å². The highest BCUT2D eigenvalue weighted by molar-refractivity contribution is 7.91. The van der Waals surface area contributed by atoms with Gasteiger partial charge in [0.1, 0.15) is 23.5 Å². The molecular weight excluding hydrogens is 582 g/mol. The minimum atomic E-state index is -4.70. The first-order valence-electron chi connectivity index (χ1n) is 11.1. The molecule has 0 amide bonds. The Morgan fingerprint density at radius 3 is 2.46 bits per heavy atom. The van der Waals surface area contributed by atoms with E-state index in [1.807, 2.05) is 0 Å². The number of aryl methyl sites for hydroxylation is 1. The first kappa shape index (κ1) is 26.8.